The molecule has 0 N–H and O–H groups in total. The Hall–Kier alpha value is -1.38. The first kappa shape index (κ1) is 15.2. The molecule has 1 heterocycles. The zero-order valence-corrected chi connectivity index (χ0v) is 14.3. The highest BCUT2D eigenvalue weighted by Gasteiger charge is 2.59. The Balaban J connectivity index is 1.72. The van der Waals surface area contributed by atoms with Crippen LogP contribution in [0.4, 0.5) is 0 Å². The van der Waals surface area contributed by atoms with E-state index in [-0.39, 0.29) is 22.7 Å². The smallest absolute Gasteiger partial charge is 0.331 e. The highest BCUT2D eigenvalue weighted by molar-refractivity contribution is 5.85. The third-order valence-corrected chi connectivity index (χ3v) is 7.59. The molecule has 0 bridgehead atoms. The van der Waals surface area contributed by atoms with Crippen LogP contribution < -0.4 is 0 Å². The summed E-state index contributed by atoms with van der Waals surface area (Å²) in [6.45, 7) is 6.87. The molecule has 0 aromatic rings. The monoisotopic (exact) mass is 314 g/mol. The van der Waals surface area contributed by atoms with E-state index in [1.807, 2.05) is 0 Å². The summed E-state index contributed by atoms with van der Waals surface area (Å²) in [5.41, 5.74) is 1.24. The number of ketones is 1. The summed E-state index contributed by atoms with van der Waals surface area (Å²) >= 11 is 0. The molecule has 3 aliphatic carbocycles. The van der Waals surface area contributed by atoms with E-state index in [0.717, 1.165) is 31.3 Å². The minimum atomic E-state index is -0.210. The summed E-state index contributed by atoms with van der Waals surface area (Å²) < 4.78 is 5.39. The lowest BCUT2D eigenvalue weighted by Gasteiger charge is -2.55. The third kappa shape index (κ3) is 1.95. The van der Waals surface area contributed by atoms with E-state index in [1.165, 1.54) is 0 Å². The zero-order valence-electron chi connectivity index (χ0n) is 14.3. The lowest BCUT2D eigenvalue weighted by molar-refractivity contribution is -0.146. The average molecular weight is 314 g/mol. The molecule has 0 amide bonds. The predicted molar refractivity (Wildman–Crippen MR) is 87.5 cm³/mol. The van der Waals surface area contributed by atoms with Gasteiger partial charge >= 0.3 is 5.97 Å². The first-order valence-corrected chi connectivity index (χ1v) is 8.94. The molecule has 6 atom stereocenters. The van der Waals surface area contributed by atoms with Crippen LogP contribution in [-0.2, 0) is 14.3 Å². The van der Waals surface area contributed by atoms with Crippen molar-refractivity contribution in [1.82, 2.24) is 0 Å². The Morgan fingerprint density at radius 3 is 2.74 bits per heavy atom. The van der Waals surface area contributed by atoms with E-state index >= 15 is 0 Å². The third-order valence-electron chi connectivity index (χ3n) is 7.59. The van der Waals surface area contributed by atoms with Crippen LogP contribution in [0.25, 0.3) is 0 Å². The number of fused-ring (bicyclic) bond motifs is 5. The molecule has 0 aromatic heterocycles. The fourth-order valence-corrected chi connectivity index (χ4v) is 6.29. The van der Waals surface area contributed by atoms with E-state index in [2.05, 4.69) is 26.0 Å². The maximum atomic E-state index is 12.1. The fourth-order valence-electron chi connectivity index (χ4n) is 6.29. The van der Waals surface area contributed by atoms with Gasteiger partial charge in [-0.25, -0.2) is 4.79 Å². The first-order valence-electron chi connectivity index (χ1n) is 8.94. The van der Waals surface area contributed by atoms with Gasteiger partial charge in [-0.15, -0.1) is 0 Å². The molecular weight excluding hydrogens is 288 g/mol. The van der Waals surface area contributed by atoms with E-state index in [4.69, 9.17) is 4.74 Å². The van der Waals surface area contributed by atoms with E-state index in [9.17, 15) is 9.59 Å². The molecule has 23 heavy (non-hydrogen) atoms. The second-order valence-corrected chi connectivity index (χ2v) is 8.56. The highest BCUT2D eigenvalue weighted by Crippen LogP contribution is 2.64. The summed E-state index contributed by atoms with van der Waals surface area (Å²) in [6.07, 6.45) is 10.6. The van der Waals surface area contributed by atoms with Gasteiger partial charge in [-0.05, 0) is 61.3 Å². The number of hydrogen-bond donors (Lipinski definition) is 0. The van der Waals surface area contributed by atoms with Gasteiger partial charge in [0.25, 0.3) is 0 Å². The van der Waals surface area contributed by atoms with Crippen molar-refractivity contribution in [2.75, 3.05) is 6.61 Å². The Kier molecular flexibility index (Phi) is 3.17. The topological polar surface area (TPSA) is 43.4 Å². The van der Waals surface area contributed by atoms with E-state index in [1.54, 1.807) is 13.0 Å². The summed E-state index contributed by atoms with van der Waals surface area (Å²) in [6, 6.07) is 0. The largest absolute Gasteiger partial charge is 0.462 e. The van der Waals surface area contributed by atoms with Gasteiger partial charge in [0.1, 0.15) is 12.4 Å². The summed E-state index contributed by atoms with van der Waals surface area (Å²) in [4.78, 5) is 23.7. The highest BCUT2D eigenvalue weighted by atomic mass is 16.5. The van der Waals surface area contributed by atoms with Crippen LogP contribution in [0.2, 0.25) is 0 Å². The van der Waals surface area contributed by atoms with Crippen LogP contribution in [0, 0.1) is 34.5 Å². The molecule has 0 unspecified atom stereocenters. The molecule has 0 radical (unpaired) electrons. The average Bonchev–Trinajstić information content (AvgIpc) is 2.85. The maximum Gasteiger partial charge on any atom is 0.331 e. The number of hydrogen-bond acceptors (Lipinski definition) is 3. The maximum absolute atomic E-state index is 12.1. The van der Waals surface area contributed by atoms with Crippen molar-refractivity contribution in [3.05, 3.63) is 23.8 Å². The second kappa shape index (κ2) is 4.81. The SMILES string of the molecule is CC(=O)[C@H]1CC[C@H]2[C@@H]3C=CC4=CC(=O)OC[C@]4(C)[C@H]3CC[C@]12C. The number of cyclic esters (lactones) is 1. The van der Waals surface area contributed by atoms with Gasteiger partial charge in [-0.1, -0.05) is 26.0 Å². The summed E-state index contributed by atoms with van der Waals surface area (Å²) in [5, 5.41) is 0. The molecule has 3 nitrogen and oxygen atoms in total. The van der Waals surface area contributed by atoms with Crippen molar-refractivity contribution in [3.63, 3.8) is 0 Å². The first-order chi connectivity index (χ1) is 10.9. The normalized spacial score (nSPS) is 48.0. The molecule has 2 saturated carbocycles. The van der Waals surface area contributed by atoms with Gasteiger partial charge in [0.05, 0.1) is 0 Å². The number of rotatable bonds is 1. The van der Waals surface area contributed by atoms with Crippen molar-refractivity contribution >= 4 is 11.8 Å². The number of Topliss-reactive ketones (excluding diaryl/α,β-unsaturated/α-hetero) is 1. The van der Waals surface area contributed by atoms with Crippen molar-refractivity contribution in [2.24, 2.45) is 34.5 Å². The number of carbonyl (C=O) groups is 2. The predicted octanol–water partition coefficient (Wildman–Crippen LogP) is 3.69. The molecule has 1 aliphatic heterocycles. The quantitative estimate of drug-likeness (QED) is 0.693. The summed E-state index contributed by atoms with van der Waals surface area (Å²) in [7, 11) is 0. The second-order valence-electron chi connectivity index (χ2n) is 8.56. The molecule has 0 aromatic carbocycles. The minimum absolute atomic E-state index is 0.0526. The lowest BCUT2D eigenvalue weighted by atomic mass is 9.50. The van der Waals surface area contributed by atoms with Crippen LogP contribution in [0.15, 0.2) is 23.8 Å². The Labute approximate surface area is 138 Å². The number of carbonyl (C=O) groups excluding carboxylic acids is 2. The van der Waals surface area contributed by atoms with Gasteiger partial charge in [-0.2, -0.15) is 0 Å². The Morgan fingerprint density at radius 1 is 1.22 bits per heavy atom. The molecule has 0 spiro atoms. The van der Waals surface area contributed by atoms with Crippen molar-refractivity contribution < 1.29 is 14.3 Å². The molecular formula is C20H26O3. The number of allylic oxidation sites excluding steroid dienone is 2. The van der Waals surface area contributed by atoms with E-state index in [0.29, 0.717) is 30.1 Å². The number of ether oxygens (including phenoxy) is 1. The van der Waals surface area contributed by atoms with E-state index < -0.39 is 0 Å². The van der Waals surface area contributed by atoms with Gasteiger partial charge in [0, 0.05) is 17.4 Å². The van der Waals surface area contributed by atoms with Crippen LogP contribution in [0.3, 0.4) is 0 Å². The lowest BCUT2D eigenvalue weighted by Crippen LogP contribution is -2.51. The van der Waals surface area contributed by atoms with Crippen LogP contribution in [0.1, 0.15) is 46.5 Å². The molecule has 124 valence electrons. The van der Waals surface area contributed by atoms with Crippen LogP contribution >= 0.6 is 0 Å². The molecule has 4 rings (SSSR count). The molecule has 2 fully saturated rings. The molecule has 3 heteroatoms. The molecule has 4 aliphatic rings. The Morgan fingerprint density at radius 2 is 2.00 bits per heavy atom. The van der Waals surface area contributed by atoms with Crippen molar-refractivity contribution in [2.45, 2.75) is 46.5 Å². The van der Waals surface area contributed by atoms with Crippen LogP contribution in [0.5, 0.6) is 0 Å². The van der Waals surface area contributed by atoms with Gasteiger partial charge in [0.2, 0.25) is 0 Å². The standard InChI is InChI=1S/C20H26O3/c1-12(21)15-6-7-16-14-5-4-13-10-18(22)23-11-20(13,3)17(14)8-9-19(15,16)2/h4-5,10,14-17H,6-9,11H2,1-3H3/t14-,15+,16-,17-,19+,20-/m0/s1. The summed E-state index contributed by atoms with van der Waals surface area (Å²) in [5.74, 6) is 2.01. The van der Waals surface area contributed by atoms with Crippen molar-refractivity contribution in [3.8, 4) is 0 Å². The fraction of sp³-hybridized carbons (Fsp3) is 0.700. The Bertz CT molecular complexity index is 631. The van der Waals surface area contributed by atoms with Gasteiger partial charge in [-0.3, -0.25) is 4.79 Å². The number of esters is 1. The van der Waals surface area contributed by atoms with Gasteiger partial charge in [0.15, 0.2) is 0 Å². The zero-order chi connectivity index (χ0) is 16.4. The van der Waals surface area contributed by atoms with Crippen molar-refractivity contribution in [1.29, 1.82) is 0 Å². The minimum Gasteiger partial charge on any atom is -0.462 e. The molecule has 0 saturated heterocycles. The van der Waals surface area contributed by atoms with Crippen LogP contribution in [-0.4, -0.2) is 18.4 Å². The van der Waals surface area contributed by atoms with Gasteiger partial charge < -0.3 is 4.74 Å².